The lowest BCUT2D eigenvalue weighted by Gasteiger charge is -2.33. The molecule has 2 N–H and O–H groups in total. The zero-order chi connectivity index (χ0) is 21.2. The number of unbranched alkanes of at least 4 members (excludes halogenated alkanes) is 1. The van der Waals surface area contributed by atoms with Crippen molar-refractivity contribution in [1.29, 1.82) is 0 Å². The minimum absolute atomic E-state index is 0. The molecule has 0 saturated carbocycles. The van der Waals surface area contributed by atoms with Gasteiger partial charge < -0.3 is 15.2 Å². The summed E-state index contributed by atoms with van der Waals surface area (Å²) in [6.45, 7) is 12.4. The minimum Gasteiger partial charge on any atom is -0.357 e. The van der Waals surface area contributed by atoms with E-state index in [2.05, 4.69) is 76.3 Å². The van der Waals surface area contributed by atoms with Crippen molar-refractivity contribution >= 4 is 29.9 Å². The molecule has 0 radical (unpaired) electrons. The molecular formula is C24H39IN6. The van der Waals surface area contributed by atoms with Crippen LogP contribution >= 0.6 is 24.0 Å². The van der Waals surface area contributed by atoms with Crippen molar-refractivity contribution in [2.24, 2.45) is 4.99 Å². The second-order valence-corrected chi connectivity index (χ2v) is 8.32. The summed E-state index contributed by atoms with van der Waals surface area (Å²) in [6.07, 6.45) is 8.45. The van der Waals surface area contributed by atoms with Gasteiger partial charge in [0, 0.05) is 57.7 Å². The van der Waals surface area contributed by atoms with Crippen molar-refractivity contribution in [3.63, 3.8) is 0 Å². The fourth-order valence-corrected chi connectivity index (χ4v) is 4.04. The summed E-state index contributed by atoms with van der Waals surface area (Å²) >= 11 is 0. The van der Waals surface area contributed by atoms with Gasteiger partial charge >= 0.3 is 0 Å². The number of hydrogen-bond donors (Lipinski definition) is 2. The van der Waals surface area contributed by atoms with E-state index in [0.717, 1.165) is 76.7 Å². The second kappa shape index (κ2) is 13.7. The van der Waals surface area contributed by atoms with Gasteiger partial charge in [-0.25, -0.2) is 4.98 Å². The molecule has 0 aliphatic carbocycles. The van der Waals surface area contributed by atoms with E-state index in [9.17, 15) is 0 Å². The van der Waals surface area contributed by atoms with Gasteiger partial charge in [-0.2, -0.15) is 0 Å². The zero-order valence-electron chi connectivity index (χ0n) is 19.3. The van der Waals surface area contributed by atoms with Gasteiger partial charge in [-0.15, -0.1) is 24.0 Å². The largest absolute Gasteiger partial charge is 0.357 e. The number of aryl methyl sites for hydroxylation is 3. The maximum Gasteiger partial charge on any atom is 0.191 e. The smallest absolute Gasteiger partial charge is 0.191 e. The lowest BCUT2D eigenvalue weighted by Crippen LogP contribution is -2.48. The number of piperidine rings is 1. The predicted octanol–water partition coefficient (Wildman–Crippen LogP) is 4.12. The third-order valence-corrected chi connectivity index (χ3v) is 5.76. The molecule has 1 aliphatic rings. The molecule has 1 fully saturated rings. The Labute approximate surface area is 204 Å². The molecular weight excluding hydrogens is 499 g/mol. The van der Waals surface area contributed by atoms with Crippen molar-refractivity contribution in [3.05, 3.63) is 53.6 Å². The first-order chi connectivity index (χ1) is 14.6. The fourth-order valence-electron chi connectivity index (χ4n) is 4.04. The van der Waals surface area contributed by atoms with Gasteiger partial charge in [-0.05, 0) is 52.0 Å². The molecule has 1 saturated heterocycles. The molecule has 7 heteroatoms. The monoisotopic (exact) mass is 538 g/mol. The van der Waals surface area contributed by atoms with Crippen molar-refractivity contribution in [3.8, 4) is 0 Å². The summed E-state index contributed by atoms with van der Waals surface area (Å²) in [5.74, 6) is 2.05. The van der Waals surface area contributed by atoms with Crippen LogP contribution < -0.4 is 10.6 Å². The van der Waals surface area contributed by atoms with Crippen LogP contribution in [0.1, 0.15) is 49.6 Å². The number of guanidine groups is 1. The summed E-state index contributed by atoms with van der Waals surface area (Å²) < 4.78 is 2.21. The Hall–Kier alpha value is -1.61. The number of aromatic nitrogens is 2. The standard InChI is InChI=1S/C24H38N6.HI/c1-4-25-24(27-12-5-6-14-30-17-13-26-21(30)3)28-23-10-15-29(16-11-23)19-22-9-7-8-20(2)18-22;/h7-9,13,17-18,23H,4-6,10-12,14-16,19H2,1-3H3,(H2,25,27,28);1H. The van der Waals surface area contributed by atoms with Crippen LogP contribution in [0.3, 0.4) is 0 Å². The van der Waals surface area contributed by atoms with Crippen molar-refractivity contribution in [1.82, 2.24) is 25.1 Å². The van der Waals surface area contributed by atoms with Gasteiger partial charge in [-0.3, -0.25) is 9.89 Å². The Bertz CT molecular complexity index is 795. The topological polar surface area (TPSA) is 57.5 Å². The highest BCUT2D eigenvalue weighted by Gasteiger charge is 2.20. The highest BCUT2D eigenvalue weighted by Crippen LogP contribution is 2.14. The first-order valence-corrected chi connectivity index (χ1v) is 11.4. The molecule has 0 amide bonds. The molecule has 2 aromatic rings. The maximum absolute atomic E-state index is 4.80. The van der Waals surface area contributed by atoms with E-state index in [0.29, 0.717) is 6.04 Å². The van der Waals surface area contributed by atoms with E-state index in [4.69, 9.17) is 4.99 Å². The normalized spacial score (nSPS) is 15.5. The van der Waals surface area contributed by atoms with Crippen LogP contribution in [0.2, 0.25) is 0 Å². The van der Waals surface area contributed by atoms with E-state index in [1.54, 1.807) is 0 Å². The second-order valence-electron chi connectivity index (χ2n) is 8.32. The van der Waals surface area contributed by atoms with E-state index >= 15 is 0 Å². The Kier molecular flexibility index (Phi) is 11.4. The molecule has 0 atom stereocenters. The number of rotatable bonds is 9. The van der Waals surface area contributed by atoms with E-state index in [-0.39, 0.29) is 24.0 Å². The van der Waals surface area contributed by atoms with Crippen LogP contribution in [0, 0.1) is 13.8 Å². The molecule has 1 aromatic carbocycles. The average Bonchev–Trinajstić information content (AvgIpc) is 3.14. The predicted molar refractivity (Wildman–Crippen MR) is 140 cm³/mol. The fraction of sp³-hybridized carbons (Fsp3) is 0.583. The molecule has 172 valence electrons. The van der Waals surface area contributed by atoms with Gasteiger partial charge in [0.15, 0.2) is 5.96 Å². The Morgan fingerprint density at radius 1 is 1.19 bits per heavy atom. The average molecular weight is 539 g/mol. The van der Waals surface area contributed by atoms with Crippen LogP contribution in [-0.4, -0.2) is 52.6 Å². The third-order valence-electron chi connectivity index (χ3n) is 5.76. The summed E-state index contributed by atoms with van der Waals surface area (Å²) in [6, 6.07) is 9.37. The van der Waals surface area contributed by atoms with Gasteiger partial charge in [0.1, 0.15) is 5.82 Å². The van der Waals surface area contributed by atoms with Crippen molar-refractivity contribution in [2.75, 3.05) is 26.2 Å². The lowest BCUT2D eigenvalue weighted by molar-refractivity contribution is 0.198. The van der Waals surface area contributed by atoms with Crippen LogP contribution in [0.15, 0.2) is 41.7 Å². The van der Waals surface area contributed by atoms with Crippen molar-refractivity contribution in [2.45, 2.75) is 65.6 Å². The summed E-state index contributed by atoms with van der Waals surface area (Å²) in [5.41, 5.74) is 2.76. The number of imidazole rings is 1. The van der Waals surface area contributed by atoms with E-state index in [1.165, 1.54) is 11.1 Å². The number of nitrogens with one attached hydrogen (secondary N) is 2. The highest BCUT2D eigenvalue weighted by atomic mass is 127. The molecule has 31 heavy (non-hydrogen) atoms. The minimum atomic E-state index is 0. The molecule has 0 bridgehead atoms. The molecule has 3 rings (SSSR count). The molecule has 1 aliphatic heterocycles. The number of likely N-dealkylation sites (tertiary alicyclic amines) is 1. The quantitative estimate of drug-likeness (QED) is 0.218. The molecule has 1 aromatic heterocycles. The van der Waals surface area contributed by atoms with Gasteiger partial charge in [0.05, 0.1) is 0 Å². The lowest BCUT2D eigenvalue weighted by atomic mass is 10.0. The Morgan fingerprint density at radius 3 is 2.68 bits per heavy atom. The number of hydrogen-bond acceptors (Lipinski definition) is 3. The Morgan fingerprint density at radius 2 is 2.00 bits per heavy atom. The van der Waals surface area contributed by atoms with E-state index < -0.39 is 0 Å². The SMILES string of the molecule is CCNC(=NCCCCn1ccnc1C)NC1CCN(Cc2cccc(C)c2)CC1.I. The van der Waals surface area contributed by atoms with Crippen LogP contribution in [0.25, 0.3) is 0 Å². The number of nitrogens with zero attached hydrogens (tertiary/aromatic N) is 4. The highest BCUT2D eigenvalue weighted by molar-refractivity contribution is 14.0. The van der Waals surface area contributed by atoms with E-state index in [1.807, 2.05) is 6.20 Å². The first-order valence-electron chi connectivity index (χ1n) is 11.4. The van der Waals surface area contributed by atoms with Crippen LogP contribution in [-0.2, 0) is 13.1 Å². The first kappa shape index (κ1) is 25.6. The maximum atomic E-state index is 4.80. The summed E-state index contributed by atoms with van der Waals surface area (Å²) in [4.78, 5) is 11.6. The number of halogens is 1. The Balaban J connectivity index is 0.00000341. The molecule has 0 unspecified atom stereocenters. The number of aliphatic imine (C=N–C) groups is 1. The van der Waals surface area contributed by atoms with Gasteiger partial charge in [0.25, 0.3) is 0 Å². The third kappa shape index (κ3) is 8.80. The number of benzene rings is 1. The van der Waals surface area contributed by atoms with Crippen LogP contribution in [0.4, 0.5) is 0 Å². The zero-order valence-corrected chi connectivity index (χ0v) is 21.6. The van der Waals surface area contributed by atoms with Crippen molar-refractivity contribution < 1.29 is 0 Å². The summed E-state index contributed by atoms with van der Waals surface area (Å²) in [7, 11) is 0. The van der Waals surface area contributed by atoms with Gasteiger partial charge in [0.2, 0.25) is 0 Å². The van der Waals surface area contributed by atoms with Crippen LogP contribution in [0.5, 0.6) is 0 Å². The summed E-state index contributed by atoms with van der Waals surface area (Å²) in [5, 5.41) is 7.07. The van der Waals surface area contributed by atoms with Gasteiger partial charge in [-0.1, -0.05) is 29.8 Å². The molecule has 6 nitrogen and oxygen atoms in total. The molecule has 0 spiro atoms. The molecule has 2 heterocycles.